The normalized spacial score (nSPS) is 10.0. The van der Waals surface area contributed by atoms with Crippen LogP contribution in [0.15, 0.2) is 42.7 Å². The van der Waals surface area contributed by atoms with Crippen molar-refractivity contribution in [2.75, 3.05) is 12.4 Å². The van der Waals surface area contributed by atoms with Gasteiger partial charge in [0.05, 0.1) is 18.9 Å². The van der Waals surface area contributed by atoms with Crippen LogP contribution in [-0.2, 0) is 5.33 Å². The number of ether oxygens (including phenoxy) is 1. The number of carbonyl (C=O) groups excluding carboxylic acids is 1. The van der Waals surface area contributed by atoms with E-state index in [1.54, 1.807) is 12.3 Å². The van der Waals surface area contributed by atoms with Crippen molar-refractivity contribution in [2.45, 2.75) is 5.33 Å². The van der Waals surface area contributed by atoms with Gasteiger partial charge >= 0.3 is 0 Å². The molecule has 2 aromatic rings. The Morgan fingerprint density at radius 1 is 1.42 bits per heavy atom. The maximum absolute atomic E-state index is 12.2. The van der Waals surface area contributed by atoms with Crippen molar-refractivity contribution in [3.8, 4) is 5.75 Å². The van der Waals surface area contributed by atoms with Gasteiger partial charge in [-0.1, -0.05) is 28.1 Å². The molecule has 98 valence electrons. The molecule has 4 nitrogen and oxygen atoms in total. The van der Waals surface area contributed by atoms with Gasteiger partial charge in [0.25, 0.3) is 5.91 Å². The van der Waals surface area contributed by atoms with E-state index in [4.69, 9.17) is 4.74 Å². The largest absolute Gasteiger partial charge is 0.494 e. The van der Waals surface area contributed by atoms with E-state index in [1.807, 2.05) is 24.3 Å². The van der Waals surface area contributed by atoms with Crippen LogP contribution in [0.3, 0.4) is 0 Å². The maximum Gasteiger partial charge on any atom is 0.259 e. The highest BCUT2D eigenvalue weighted by atomic mass is 79.9. The van der Waals surface area contributed by atoms with Gasteiger partial charge in [-0.15, -0.1) is 0 Å². The number of nitrogens with zero attached hydrogens (tertiary/aromatic N) is 1. The van der Waals surface area contributed by atoms with Gasteiger partial charge < -0.3 is 10.1 Å². The molecule has 0 spiro atoms. The summed E-state index contributed by atoms with van der Waals surface area (Å²) in [7, 11) is 1.51. The molecule has 0 aliphatic carbocycles. The van der Waals surface area contributed by atoms with Crippen LogP contribution in [0, 0.1) is 0 Å². The Labute approximate surface area is 119 Å². The van der Waals surface area contributed by atoms with Gasteiger partial charge in [-0.2, -0.15) is 0 Å². The van der Waals surface area contributed by atoms with Crippen LogP contribution in [0.1, 0.15) is 15.9 Å². The number of halogens is 1. The van der Waals surface area contributed by atoms with E-state index in [2.05, 4.69) is 26.2 Å². The topological polar surface area (TPSA) is 51.2 Å². The maximum atomic E-state index is 12.2. The Hall–Kier alpha value is -1.88. The molecule has 0 saturated heterocycles. The molecule has 0 unspecified atom stereocenters. The number of pyridine rings is 1. The Balaban J connectivity index is 2.20. The average molecular weight is 321 g/mol. The van der Waals surface area contributed by atoms with Crippen molar-refractivity contribution < 1.29 is 9.53 Å². The molecule has 0 saturated carbocycles. The second-order valence-electron chi connectivity index (χ2n) is 3.86. The number of carbonyl (C=O) groups is 1. The third kappa shape index (κ3) is 3.32. The highest BCUT2D eigenvalue weighted by Gasteiger charge is 2.12. The fraction of sp³-hybridized carbons (Fsp3) is 0.143. The molecule has 1 amide bonds. The smallest absolute Gasteiger partial charge is 0.259 e. The number of methoxy groups -OCH3 is 1. The average Bonchev–Trinajstić information content (AvgIpc) is 2.47. The van der Waals surface area contributed by atoms with E-state index < -0.39 is 0 Å². The summed E-state index contributed by atoms with van der Waals surface area (Å²) in [4.78, 5) is 16.1. The van der Waals surface area contributed by atoms with Gasteiger partial charge in [0.2, 0.25) is 0 Å². The van der Waals surface area contributed by atoms with Crippen molar-refractivity contribution in [3.63, 3.8) is 0 Å². The number of hydrogen-bond acceptors (Lipinski definition) is 3. The van der Waals surface area contributed by atoms with Crippen LogP contribution < -0.4 is 10.1 Å². The highest BCUT2D eigenvalue weighted by molar-refractivity contribution is 9.08. The third-order valence-electron chi connectivity index (χ3n) is 2.59. The Bertz CT molecular complexity index is 587. The number of benzene rings is 1. The van der Waals surface area contributed by atoms with Crippen LogP contribution in [-0.4, -0.2) is 18.0 Å². The molecule has 1 aromatic carbocycles. The van der Waals surface area contributed by atoms with E-state index >= 15 is 0 Å². The lowest BCUT2D eigenvalue weighted by molar-refractivity contribution is 0.102. The standard InChI is InChI=1S/C14H13BrN2O2/c1-19-13-9-16-6-5-12(13)14(18)17-11-4-2-3-10(7-11)8-15/h2-7,9H,8H2,1H3,(H,17,18). The second kappa shape index (κ2) is 6.33. The van der Waals surface area contributed by atoms with Gasteiger partial charge in [0.1, 0.15) is 5.75 Å². The summed E-state index contributed by atoms with van der Waals surface area (Å²) < 4.78 is 5.12. The monoisotopic (exact) mass is 320 g/mol. The lowest BCUT2D eigenvalue weighted by atomic mass is 10.2. The first kappa shape index (κ1) is 13.5. The molecule has 19 heavy (non-hydrogen) atoms. The first-order valence-electron chi connectivity index (χ1n) is 5.69. The summed E-state index contributed by atoms with van der Waals surface area (Å²) in [6.07, 6.45) is 3.08. The quantitative estimate of drug-likeness (QED) is 0.880. The molecule has 0 aliphatic heterocycles. The SMILES string of the molecule is COc1cnccc1C(=O)Nc1cccc(CBr)c1. The molecule has 0 aliphatic rings. The number of aromatic nitrogens is 1. The van der Waals surface area contributed by atoms with Crippen LogP contribution >= 0.6 is 15.9 Å². The van der Waals surface area contributed by atoms with Gasteiger partial charge in [-0.25, -0.2) is 0 Å². The number of anilines is 1. The summed E-state index contributed by atoms with van der Waals surface area (Å²) in [5.74, 6) is 0.239. The molecule has 1 heterocycles. The Morgan fingerprint density at radius 2 is 2.26 bits per heavy atom. The van der Waals surface area contributed by atoms with E-state index in [-0.39, 0.29) is 5.91 Å². The Morgan fingerprint density at radius 3 is 3.00 bits per heavy atom. The molecule has 0 fully saturated rings. The molecule has 1 aromatic heterocycles. The van der Waals surface area contributed by atoms with Crippen molar-refractivity contribution in [2.24, 2.45) is 0 Å². The van der Waals surface area contributed by atoms with Gasteiger partial charge in [-0.3, -0.25) is 9.78 Å². The van der Waals surface area contributed by atoms with Gasteiger partial charge in [0.15, 0.2) is 0 Å². The van der Waals surface area contributed by atoms with Crippen LogP contribution in [0.25, 0.3) is 0 Å². The third-order valence-corrected chi connectivity index (χ3v) is 3.24. The van der Waals surface area contributed by atoms with Crippen molar-refractivity contribution in [3.05, 3.63) is 53.9 Å². The molecular formula is C14H13BrN2O2. The molecule has 2 rings (SSSR count). The minimum absolute atomic E-state index is 0.217. The predicted molar refractivity (Wildman–Crippen MR) is 77.8 cm³/mol. The van der Waals surface area contributed by atoms with E-state index in [1.165, 1.54) is 13.3 Å². The summed E-state index contributed by atoms with van der Waals surface area (Å²) in [5, 5.41) is 3.59. The summed E-state index contributed by atoms with van der Waals surface area (Å²) in [5.41, 5.74) is 2.31. The van der Waals surface area contributed by atoms with E-state index in [9.17, 15) is 4.79 Å². The predicted octanol–water partition coefficient (Wildman–Crippen LogP) is 3.24. The molecule has 0 atom stereocenters. The summed E-state index contributed by atoms with van der Waals surface area (Å²) in [6, 6.07) is 9.27. The minimum Gasteiger partial charge on any atom is -0.494 e. The first-order valence-corrected chi connectivity index (χ1v) is 6.81. The first-order chi connectivity index (χ1) is 9.24. The summed E-state index contributed by atoms with van der Waals surface area (Å²) >= 11 is 3.38. The fourth-order valence-electron chi connectivity index (χ4n) is 1.66. The van der Waals surface area contributed by atoms with Crippen LogP contribution in [0.4, 0.5) is 5.69 Å². The van der Waals surface area contributed by atoms with Crippen molar-refractivity contribution in [1.29, 1.82) is 0 Å². The number of alkyl halides is 1. The molecule has 1 N–H and O–H groups in total. The Kier molecular flexibility index (Phi) is 4.52. The lowest BCUT2D eigenvalue weighted by Crippen LogP contribution is -2.13. The van der Waals surface area contributed by atoms with Crippen molar-refractivity contribution >= 4 is 27.5 Å². The van der Waals surface area contributed by atoms with Crippen molar-refractivity contribution in [1.82, 2.24) is 4.98 Å². The van der Waals surface area contributed by atoms with Gasteiger partial charge in [0, 0.05) is 17.2 Å². The molecular weight excluding hydrogens is 308 g/mol. The highest BCUT2D eigenvalue weighted by Crippen LogP contribution is 2.19. The zero-order valence-corrected chi connectivity index (χ0v) is 12.0. The second-order valence-corrected chi connectivity index (χ2v) is 4.42. The number of rotatable bonds is 4. The molecule has 0 radical (unpaired) electrons. The number of hydrogen-bond donors (Lipinski definition) is 1. The van der Waals surface area contributed by atoms with Crippen LogP contribution in [0.5, 0.6) is 5.75 Å². The number of nitrogens with one attached hydrogen (secondary N) is 1. The lowest BCUT2D eigenvalue weighted by Gasteiger charge is -2.09. The minimum atomic E-state index is -0.217. The number of amides is 1. The molecule has 5 heteroatoms. The zero-order valence-electron chi connectivity index (χ0n) is 10.4. The zero-order chi connectivity index (χ0) is 13.7. The van der Waals surface area contributed by atoms with Crippen LogP contribution in [0.2, 0.25) is 0 Å². The fourth-order valence-corrected chi connectivity index (χ4v) is 2.01. The van der Waals surface area contributed by atoms with E-state index in [0.717, 1.165) is 16.6 Å². The van der Waals surface area contributed by atoms with E-state index in [0.29, 0.717) is 11.3 Å². The van der Waals surface area contributed by atoms with Gasteiger partial charge in [-0.05, 0) is 23.8 Å². The molecule has 0 bridgehead atoms. The summed E-state index contributed by atoms with van der Waals surface area (Å²) in [6.45, 7) is 0.